The maximum absolute atomic E-state index is 2.42. The van der Waals surface area contributed by atoms with Crippen molar-refractivity contribution in [1.82, 2.24) is 0 Å². The summed E-state index contributed by atoms with van der Waals surface area (Å²) >= 11 is 0. The lowest BCUT2D eigenvalue weighted by Crippen LogP contribution is -2.24. The monoisotopic (exact) mass is 468 g/mol. The van der Waals surface area contributed by atoms with Crippen molar-refractivity contribution in [2.45, 2.75) is 0 Å². The Balaban J connectivity index is 1.24. The van der Waals surface area contributed by atoms with Crippen molar-refractivity contribution in [3.8, 4) is 22.3 Å². The van der Waals surface area contributed by atoms with Crippen LogP contribution in [0, 0.1) is 5.41 Å². The van der Waals surface area contributed by atoms with Crippen LogP contribution >= 0.6 is 0 Å². The Kier molecular flexibility index (Phi) is 4.24. The van der Waals surface area contributed by atoms with Crippen LogP contribution in [-0.4, -0.2) is 0 Å². The van der Waals surface area contributed by atoms with E-state index in [1.54, 1.807) is 0 Å². The van der Waals surface area contributed by atoms with Gasteiger partial charge < -0.3 is 0 Å². The molecule has 0 radical (unpaired) electrons. The topological polar surface area (TPSA) is 0 Å². The van der Waals surface area contributed by atoms with Gasteiger partial charge in [-0.15, -0.1) is 0 Å². The zero-order valence-corrected chi connectivity index (χ0v) is 20.4. The molecule has 8 rings (SSSR count). The van der Waals surface area contributed by atoms with Gasteiger partial charge in [0.25, 0.3) is 0 Å². The third kappa shape index (κ3) is 2.96. The van der Waals surface area contributed by atoms with E-state index < -0.39 is 0 Å². The zero-order valence-electron chi connectivity index (χ0n) is 20.4. The maximum Gasteiger partial charge on any atom is 0.0581 e. The van der Waals surface area contributed by atoms with E-state index in [0.29, 0.717) is 0 Å². The molecule has 0 saturated heterocycles. The lowest BCUT2D eigenvalue weighted by atomic mass is 9.65. The molecule has 1 spiro atoms. The van der Waals surface area contributed by atoms with Gasteiger partial charge in [0.05, 0.1) is 5.41 Å². The first kappa shape index (κ1) is 20.5. The Morgan fingerprint density at radius 1 is 0.432 bits per heavy atom. The van der Waals surface area contributed by atoms with Gasteiger partial charge >= 0.3 is 0 Å². The molecule has 0 aromatic heterocycles. The summed E-state index contributed by atoms with van der Waals surface area (Å²) in [5.74, 6) is 0. The molecule has 0 atom stereocenters. The summed E-state index contributed by atoms with van der Waals surface area (Å²) in [6.07, 6.45) is 18.7. The smallest absolute Gasteiger partial charge is 0.0581 e. The lowest BCUT2D eigenvalue weighted by molar-refractivity contribution is 0.754. The van der Waals surface area contributed by atoms with Gasteiger partial charge in [-0.1, -0.05) is 121 Å². The van der Waals surface area contributed by atoms with Gasteiger partial charge in [-0.2, -0.15) is 0 Å². The highest BCUT2D eigenvalue weighted by Crippen LogP contribution is 2.59. The second-order valence-corrected chi connectivity index (χ2v) is 10.2. The van der Waals surface area contributed by atoms with Gasteiger partial charge in [-0.3, -0.25) is 0 Å². The molecule has 4 aliphatic carbocycles. The van der Waals surface area contributed by atoms with Crippen molar-refractivity contribution in [2.24, 2.45) is 5.41 Å². The Morgan fingerprint density at radius 2 is 0.892 bits per heavy atom. The van der Waals surface area contributed by atoms with Crippen molar-refractivity contribution in [1.29, 1.82) is 0 Å². The number of rotatable bonds is 2. The van der Waals surface area contributed by atoms with E-state index in [9.17, 15) is 0 Å². The van der Waals surface area contributed by atoms with E-state index in [0.717, 1.165) is 0 Å². The number of fused-ring (bicyclic) bond motifs is 8. The van der Waals surface area contributed by atoms with Gasteiger partial charge in [0.15, 0.2) is 0 Å². The summed E-state index contributed by atoms with van der Waals surface area (Å²) in [6.45, 7) is 0. The van der Waals surface area contributed by atoms with Crippen LogP contribution in [0.15, 0.2) is 145 Å². The molecule has 4 aromatic carbocycles. The second-order valence-electron chi connectivity index (χ2n) is 10.2. The highest BCUT2D eigenvalue weighted by Gasteiger charge is 2.43. The van der Waals surface area contributed by atoms with Crippen molar-refractivity contribution < 1.29 is 0 Å². The quantitative estimate of drug-likeness (QED) is 0.275. The number of hydrogen-bond donors (Lipinski definition) is 0. The van der Waals surface area contributed by atoms with Crippen molar-refractivity contribution >= 4 is 23.3 Å². The van der Waals surface area contributed by atoms with Crippen LogP contribution in [0.25, 0.3) is 45.6 Å². The molecule has 0 heterocycles. The molecule has 0 aliphatic heterocycles. The van der Waals surface area contributed by atoms with E-state index in [-0.39, 0.29) is 5.41 Å². The molecule has 0 amide bonds. The highest BCUT2D eigenvalue weighted by atomic mass is 14.5. The minimum Gasteiger partial charge on any atom is -0.0657 e. The summed E-state index contributed by atoms with van der Waals surface area (Å²) in [5.41, 5.74) is 15.5. The van der Waals surface area contributed by atoms with Crippen LogP contribution in [0.3, 0.4) is 0 Å². The zero-order chi connectivity index (χ0) is 24.4. The van der Waals surface area contributed by atoms with Crippen LogP contribution in [0.2, 0.25) is 0 Å². The first-order valence-corrected chi connectivity index (χ1v) is 12.9. The fourth-order valence-corrected chi connectivity index (χ4v) is 6.43. The molecule has 0 heteroatoms. The van der Waals surface area contributed by atoms with Crippen molar-refractivity contribution in [3.63, 3.8) is 0 Å². The largest absolute Gasteiger partial charge is 0.0657 e. The molecule has 0 bridgehead atoms. The molecular weight excluding hydrogens is 444 g/mol. The van der Waals surface area contributed by atoms with Crippen LogP contribution in [0.1, 0.15) is 22.3 Å². The summed E-state index contributed by atoms with van der Waals surface area (Å²) in [6, 6.07) is 35.1. The lowest BCUT2D eigenvalue weighted by Gasteiger charge is -2.36. The molecule has 172 valence electrons. The molecule has 0 fully saturated rings. The predicted octanol–water partition coefficient (Wildman–Crippen LogP) is 9.41. The molecule has 0 nitrogen and oxygen atoms in total. The SMILES string of the molecule is C1=CC2(C=CC=C3C2=Cc2cc(-c4ccccc4)ccc23)C2=Cc3cc(-c4ccccc4)ccc3C2=C1. The average Bonchev–Trinajstić information content (AvgIpc) is 3.53. The number of hydrogen-bond acceptors (Lipinski definition) is 0. The standard InChI is InChI=1S/C37H24/c1-3-9-25(10-4-1)27-15-17-31-29(21-27)23-35-33(31)13-7-19-37(35)20-8-14-34-32-18-16-28(22-30(32)24-36(34)37)26-11-5-2-6-12-26/h1-24H. The van der Waals surface area contributed by atoms with Crippen LogP contribution in [0.5, 0.6) is 0 Å². The molecule has 4 aliphatic rings. The minimum atomic E-state index is -0.258. The summed E-state index contributed by atoms with van der Waals surface area (Å²) < 4.78 is 0. The normalized spacial score (nSPS) is 17.3. The third-order valence-electron chi connectivity index (χ3n) is 8.21. The molecule has 0 N–H and O–H groups in total. The molecule has 4 aromatic rings. The van der Waals surface area contributed by atoms with Gasteiger partial charge in [-0.05, 0) is 91.1 Å². The molecule has 0 saturated carbocycles. The van der Waals surface area contributed by atoms with E-state index in [2.05, 4.69) is 146 Å². The Hall–Kier alpha value is -4.68. The van der Waals surface area contributed by atoms with Gasteiger partial charge in [0, 0.05) is 0 Å². The summed E-state index contributed by atoms with van der Waals surface area (Å²) in [7, 11) is 0. The number of benzene rings is 4. The Labute approximate surface area is 217 Å². The van der Waals surface area contributed by atoms with E-state index in [1.165, 1.54) is 66.8 Å². The highest BCUT2D eigenvalue weighted by molar-refractivity contribution is 6.06. The predicted molar refractivity (Wildman–Crippen MR) is 156 cm³/mol. The number of allylic oxidation sites excluding steroid dienone is 10. The first-order valence-electron chi connectivity index (χ1n) is 12.9. The molecule has 37 heavy (non-hydrogen) atoms. The Bertz CT molecular complexity index is 1650. The van der Waals surface area contributed by atoms with Gasteiger partial charge in [0.1, 0.15) is 0 Å². The van der Waals surface area contributed by atoms with Gasteiger partial charge in [0.2, 0.25) is 0 Å². The summed E-state index contributed by atoms with van der Waals surface area (Å²) in [5, 5.41) is 0. The minimum absolute atomic E-state index is 0.258. The van der Waals surface area contributed by atoms with E-state index in [1.807, 2.05) is 0 Å². The van der Waals surface area contributed by atoms with Gasteiger partial charge in [-0.25, -0.2) is 0 Å². The van der Waals surface area contributed by atoms with Crippen LogP contribution in [0.4, 0.5) is 0 Å². The van der Waals surface area contributed by atoms with Crippen molar-refractivity contribution in [3.05, 3.63) is 167 Å². The van der Waals surface area contributed by atoms with E-state index >= 15 is 0 Å². The molecular formula is C37H24. The Morgan fingerprint density at radius 3 is 1.35 bits per heavy atom. The average molecular weight is 469 g/mol. The fourth-order valence-electron chi connectivity index (χ4n) is 6.43. The second kappa shape index (κ2) is 7.66. The summed E-state index contributed by atoms with van der Waals surface area (Å²) in [4.78, 5) is 0. The molecule has 0 unspecified atom stereocenters. The van der Waals surface area contributed by atoms with Crippen molar-refractivity contribution in [2.75, 3.05) is 0 Å². The third-order valence-corrected chi connectivity index (χ3v) is 8.21. The fraction of sp³-hybridized carbons (Fsp3) is 0.0270. The van der Waals surface area contributed by atoms with Crippen LogP contribution in [-0.2, 0) is 0 Å². The van der Waals surface area contributed by atoms with E-state index in [4.69, 9.17) is 0 Å². The van der Waals surface area contributed by atoms with Crippen LogP contribution < -0.4 is 0 Å². The maximum atomic E-state index is 2.42. The first-order chi connectivity index (χ1) is 18.3.